The third kappa shape index (κ3) is 4.18. The molecule has 4 rings (SSSR count). The highest BCUT2D eigenvalue weighted by molar-refractivity contribution is 5.70. The van der Waals surface area contributed by atoms with Crippen molar-refractivity contribution in [1.29, 1.82) is 0 Å². The third-order valence-electron chi connectivity index (χ3n) is 6.32. The Kier molecular flexibility index (Phi) is 6.77. The summed E-state index contributed by atoms with van der Waals surface area (Å²) < 4.78 is 12.6. The average molecular weight is 501 g/mol. The van der Waals surface area contributed by atoms with Gasteiger partial charge in [-0.2, -0.15) is 0 Å². The molecule has 0 aliphatic carbocycles. The van der Waals surface area contributed by atoms with Crippen molar-refractivity contribution in [1.82, 2.24) is 37.4 Å². The van der Waals surface area contributed by atoms with Crippen LogP contribution in [-0.2, 0) is 50.3 Å². The number of esters is 1. The van der Waals surface area contributed by atoms with Gasteiger partial charge in [-0.1, -0.05) is 0 Å². The zero-order chi connectivity index (χ0) is 26.1. The minimum absolute atomic E-state index is 0.00792. The first-order valence-corrected chi connectivity index (χ1v) is 11.5. The second-order valence-corrected chi connectivity index (χ2v) is 8.62. The van der Waals surface area contributed by atoms with Crippen molar-refractivity contribution in [3.63, 3.8) is 0 Å². The first kappa shape index (κ1) is 24.9. The van der Waals surface area contributed by atoms with Gasteiger partial charge in [0.1, 0.15) is 0 Å². The van der Waals surface area contributed by atoms with Gasteiger partial charge in [-0.25, -0.2) is 19.6 Å². The lowest BCUT2D eigenvalue weighted by Gasteiger charge is -2.11. The number of hydrogen-bond acceptors (Lipinski definition) is 8. The number of methoxy groups -OCH3 is 1. The van der Waals surface area contributed by atoms with Crippen LogP contribution in [-0.4, -0.2) is 50.4 Å². The molecule has 0 fully saturated rings. The normalized spacial score (nSPS) is 11.6. The summed E-state index contributed by atoms with van der Waals surface area (Å²) in [7, 11) is 6.07. The lowest BCUT2D eigenvalue weighted by atomic mass is 10.2. The molecule has 0 aliphatic rings. The molecule has 14 heteroatoms. The van der Waals surface area contributed by atoms with Crippen molar-refractivity contribution in [3.8, 4) is 0 Å². The third-order valence-corrected chi connectivity index (χ3v) is 6.32. The molecule has 0 aromatic carbocycles. The number of fused-ring (bicyclic) bond motifs is 2. The zero-order valence-corrected chi connectivity index (χ0v) is 20.6. The lowest BCUT2D eigenvalue weighted by Crippen LogP contribution is -2.42. The number of aromatic nitrogens is 8. The predicted octanol–water partition coefficient (Wildman–Crippen LogP) is -0.923. The molecule has 0 amide bonds. The van der Waals surface area contributed by atoms with Crippen LogP contribution in [0.4, 0.5) is 0 Å². The summed E-state index contributed by atoms with van der Waals surface area (Å²) in [5.41, 5.74) is -0.908. The Bertz CT molecular complexity index is 1700. The smallest absolute Gasteiger partial charge is 0.332 e. The van der Waals surface area contributed by atoms with E-state index < -0.39 is 22.5 Å². The Labute approximate surface area is 203 Å². The van der Waals surface area contributed by atoms with Crippen LogP contribution < -0.4 is 22.5 Å². The van der Waals surface area contributed by atoms with E-state index >= 15 is 0 Å². The Balaban J connectivity index is 1.60. The van der Waals surface area contributed by atoms with E-state index in [4.69, 9.17) is 0 Å². The maximum atomic E-state index is 13.3. The van der Waals surface area contributed by atoms with Crippen LogP contribution in [0.15, 0.2) is 31.8 Å². The molecule has 4 aromatic rings. The van der Waals surface area contributed by atoms with Gasteiger partial charge in [-0.3, -0.25) is 32.7 Å². The molecule has 192 valence electrons. The van der Waals surface area contributed by atoms with Crippen molar-refractivity contribution in [3.05, 3.63) is 54.3 Å². The molecule has 0 bridgehead atoms. The van der Waals surface area contributed by atoms with Gasteiger partial charge < -0.3 is 13.9 Å². The van der Waals surface area contributed by atoms with Gasteiger partial charge in [0.2, 0.25) is 0 Å². The van der Waals surface area contributed by atoms with Crippen LogP contribution in [0.3, 0.4) is 0 Å². The van der Waals surface area contributed by atoms with Gasteiger partial charge in [0.25, 0.3) is 11.1 Å². The number of ether oxygens (including phenoxy) is 1. The fourth-order valence-electron chi connectivity index (χ4n) is 4.32. The minimum Gasteiger partial charge on any atom is -0.469 e. The first-order chi connectivity index (χ1) is 17.2. The number of nitrogens with zero attached hydrogens (tertiary/aromatic N) is 8. The summed E-state index contributed by atoms with van der Waals surface area (Å²) in [6, 6.07) is 0. The molecular formula is C22H28N8O6. The Morgan fingerprint density at radius 2 is 1.33 bits per heavy atom. The van der Waals surface area contributed by atoms with Gasteiger partial charge in [-0.05, 0) is 19.3 Å². The number of carbonyl (C=O) groups excluding carboxylic acids is 1. The van der Waals surface area contributed by atoms with Gasteiger partial charge in [-0.15, -0.1) is 0 Å². The molecule has 14 nitrogen and oxygen atoms in total. The molecule has 0 N–H and O–H groups in total. The van der Waals surface area contributed by atoms with Gasteiger partial charge in [0.05, 0.1) is 19.8 Å². The standard InChI is InChI=1S/C22H28N8O6/c1-25-12-23-17-15(25)19(32)29(21(34)26(17)2)10-7-11-30-20(33)16-18(27(3)22(30)35)24-13-28(16)9-6-5-8-14(31)36-4/h12-13H,5-11H2,1-4H3. The molecule has 0 saturated carbocycles. The van der Waals surface area contributed by atoms with Crippen LogP contribution in [0, 0.1) is 0 Å². The lowest BCUT2D eigenvalue weighted by molar-refractivity contribution is -0.140. The van der Waals surface area contributed by atoms with Crippen LogP contribution in [0.5, 0.6) is 0 Å². The van der Waals surface area contributed by atoms with Crippen molar-refractivity contribution in [2.24, 2.45) is 21.1 Å². The highest BCUT2D eigenvalue weighted by Gasteiger charge is 2.18. The molecule has 36 heavy (non-hydrogen) atoms. The average Bonchev–Trinajstić information content (AvgIpc) is 3.47. The van der Waals surface area contributed by atoms with E-state index in [0.29, 0.717) is 30.6 Å². The quantitative estimate of drug-likeness (QED) is 0.211. The van der Waals surface area contributed by atoms with E-state index in [0.717, 1.165) is 9.13 Å². The molecular weight excluding hydrogens is 472 g/mol. The summed E-state index contributed by atoms with van der Waals surface area (Å²) in [6.45, 7) is 0.470. The van der Waals surface area contributed by atoms with Gasteiger partial charge >= 0.3 is 17.3 Å². The van der Waals surface area contributed by atoms with Crippen molar-refractivity contribution in [2.75, 3.05) is 7.11 Å². The number of carbonyl (C=O) groups is 1. The summed E-state index contributed by atoms with van der Waals surface area (Å²) in [4.78, 5) is 71.4. The largest absolute Gasteiger partial charge is 0.469 e. The van der Waals surface area contributed by atoms with Gasteiger partial charge in [0.15, 0.2) is 22.3 Å². The highest BCUT2D eigenvalue weighted by Crippen LogP contribution is 2.09. The van der Waals surface area contributed by atoms with Crippen molar-refractivity contribution in [2.45, 2.75) is 45.3 Å². The summed E-state index contributed by atoms with van der Waals surface area (Å²) in [6.07, 6.45) is 4.64. The Hall–Kier alpha value is -4.23. The molecule has 0 aliphatic heterocycles. The Morgan fingerprint density at radius 1 is 0.778 bits per heavy atom. The Morgan fingerprint density at radius 3 is 1.94 bits per heavy atom. The van der Waals surface area contributed by atoms with Crippen molar-refractivity contribution >= 4 is 28.3 Å². The second kappa shape index (κ2) is 9.79. The second-order valence-electron chi connectivity index (χ2n) is 8.62. The molecule has 0 unspecified atom stereocenters. The summed E-state index contributed by atoms with van der Waals surface area (Å²) >= 11 is 0. The van der Waals surface area contributed by atoms with E-state index in [-0.39, 0.29) is 43.1 Å². The molecule has 4 aromatic heterocycles. The topological polar surface area (TPSA) is 150 Å². The molecule has 4 heterocycles. The SMILES string of the molecule is COC(=O)CCCCn1cnc2c1c(=O)n(CCCn1c(=O)c3c(ncn3C)n(C)c1=O)c(=O)n2C. The number of hydrogen-bond donors (Lipinski definition) is 0. The fourth-order valence-corrected chi connectivity index (χ4v) is 4.32. The van der Waals surface area contributed by atoms with E-state index in [1.54, 1.807) is 16.2 Å². The van der Waals surface area contributed by atoms with Crippen LogP contribution >= 0.6 is 0 Å². The predicted molar refractivity (Wildman–Crippen MR) is 130 cm³/mol. The number of imidazole rings is 2. The van der Waals surface area contributed by atoms with Gasteiger partial charge in [0, 0.05) is 47.2 Å². The monoisotopic (exact) mass is 500 g/mol. The van der Waals surface area contributed by atoms with Crippen molar-refractivity contribution < 1.29 is 9.53 Å². The molecule has 0 atom stereocenters. The van der Waals surface area contributed by atoms with E-state index in [9.17, 15) is 24.0 Å². The maximum absolute atomic E-state index is 13.3. The summed E-state index contributed by atoms with van der Waals surface area (Å²) in [5, 5.41) is 0. The molecule has 0 saturated heterocycles. The summed E-state index contributed by atoms with van der Waals surface area (Å²) in [5.74, 6) is -0.299. The molecule has 0 radical (unpaired) electrons. The minimum atomic E-state index is -0.536. The highest BCUT2D eigenvalue weighted by atomic mass is 16.5. The number of unbranched alkanes of at least 4 members (excludes halogenated alkanes) is 1. The zero-order valence-electron chi connectivity index (χ0n) is 20.6. The number of aryl methyl sites for hydroxylation is 4. The van der Waals surface area contributed by atoms with E-state index in [2.05, 4.69) is 14.7 Å². The van der Waals surface area contributed by atoms with Crippen LogP contribution in [0.25, 0.3) is 22.3 Å². The van der Waals surface area contributed by atoms with E-state index in [1.165, 1.54) is 43.0 Å². The first-order valence-electron chi connectivity index (χ1n) is 11.5. The maximum Gasteiger partial charge on any atom is 0.332 e. The van der Waals surface area contributed by atoms with Crippen LogP contribution in [0.2, 0.25) is 0 Å². The molecule has 0 spiro atoms. The number of rotatable bonds is 9. The van der Waals surface area contributed by atoms with Crippen LogP contribution in [0.1, 0.15) is 25.7 Å². The van der Waals surface area contributed by atoms with E-state index in [1.807, 2.05) is 0 Å². The fraction of sp³-hybridized carbons (Fsp3) is 0.500.